The standard InChI is InChI=1S/C18H15NO4S2/c1-18-12(14-6-4-8-24-14)9-13-11-5-2-3-7-15(11)25(21,22)19(13)16(18)10-17(20)23-18/h2-9,12,16H,10H2,1H3/t12?,16?,18-/m0/s1. The zero-order valence-corrected chi connectivity index (χ0v) is 15.0. The number of sulfonamides is 1. The van der Waals surface area contributed by atoms with Crippen LogP contribution in [0.2, 0.25) is 0 Å². The van der Waals surface area contributed by atoms with E-state index in [0.29, 0.717) is 16.2 Å². The summed E-state index contributed by atoms with van der Waals surface area (Å²) in [6.45, 7) is 1.85. The van der Waals surface area contributed by atoms with Gasteiger partial charge in [-0.15, -0.1) is 11.3 Å². The Morgan fingerprint density at radius 3 is 2.80 bits per heavy atom. The van der Waals surface area contributed by atoms with Crippen LogP contribution in [0.15, 0.2) is 52.7 Å². The van der Waals surface area contributed by atoms with Gasteiger partial charge in [-0.2, -0.15) is 0 Å². The van der Waals surface area contributed by atoms with Crippen molar-refractivity contribution in [2.24, 2.45) is 0 Å². The number of thiophene rings is 1. The molecule has 0 bridgehead atoms. The molecule has 0 spiro atoms. The first-order valence-electron chi connectivity index (χ1n) is 8.04. The van der Waals surface area contributed by atoms with Gasteiger partial charge in [-0.1, -0.05) is 24.3 Å². The predicted octanol–water partition coefficient (Wildman–Crippen LogP) is 2.96. The number of carbonyl (C=O) groups is 1. The maximum Gasteiger partial charge on any atom is 0.308 e. The molecule has 0 aliphatic carbocycles. The lowest BCUT2D eigenvalue weighted by molar-refractivity contribution is -0.148. The molecule has 0 radical (unpaired) electrons. The number of fused-ring (bicyclic) bond motifs is 5. The summed E-state index contributed by atoms with van der Waals surface area (Å²) in [5.74, 6) is -0.522. The third-order valence-corrected chi connectivity index (χ3v) is 8.20. The van der Waals surface area contributed by atoms with Crippen LogP contribution in [-0.2, 0) is 19.6 Å². The van der Waals surface area contributed by atoms with Crippen molar-refractivity contribution in [1.82, 2.24) is 4.31 Å². The summed E-state index contributed by atoms with van der Waals surface area (Å²) in [6.07, 6.45) is 2.02. The zero-order valence-electron chi connectivity index (χ0n) is 13.4. The summed E-state index contributed by atoms with van der Waals surface area (Å²) >= 11 is 1.59. The van der Waals surface area contributed by atoms with Gasteiger partial charge < -0.3 is 4.74 Å². The van der Waals surface area contributed by atoms with Crippen LogP contribution >= 0.6 is 11.3 Å². The van der Waals surface area contributed by atoms with E-state index in [1.54, 1.807) is 23.5 Å². The van der Waals surface area contributed by atoms with Crippen molar-refractivity contribution in [2.75, 3.05) is 0 Å². The molecular formula is C18H15NO4S2. The van der Waals surface area contributed by atoms with E-state index in [2.05, 4.69) is 0 Å². The van der Waals surface area contributed by atoms with Crippen molar-refractivity contribution in [3.63, 3.8) is 0 Å². The molecule has 2 aromatic rings. The fraction of sp³-hybridized carbons (Fsp3) is 0.278. The number of esters is 1. The van der Waals surface area contributed by atoms with Crippen molar-refractivity contribution in [1.29, 1.82) is 0 Å². The topological polar surface area (TPSA) is 63.7 Å². The highest BCUT2D eigenvalue weighted by Crippen LogP contribution is 2.55. The van der Waals surface area contributed by atoms with Crippen LogP contribution in [0.5, 0.6) is 0 Å². The SMILES string of the molecule is C[C@@]12OC(=O)CC1N1C(=CC2c2cccs2)c2ccccc2S1(=O)=O. The van der Waals surface area contributed by atoms with E-state index in [1.807, 2.05) is 42.6 Å². The Morgan fingerprint density at radius 2 is 2.04 bits per heavy atom. The monoisotopic (exact) mass is 373 g/mol. The molecule has 5 nitrogen and oxygen atoms in total. The molecule has 128 valence electrons. The maximum atomic E-state index is 13.1. The van der Waals surface area contributed by atoms with Gasteiger partial charge in [-0.25, -0.2) is 8.42 Å². The van der Waals surface area contributed by atoms with E-state index in [9.17, 15) is 13.2 Å². The number of benzene rings is 1. The number of hydrogen-bond donors (Lipinski definition) is 0. The third-order valence-electron chi connectivity index (χ3n) is 5.37. The van der Waals surface area contributed by atoms with E-state index in [1.165, 1.54) is 4.31 Å². The van der Waals surface area contributed by atoms with Gasteiger partial charge in [0.05, 0.1) is 29.0 Å². The average Bonchev–Trinajstić information content (AvgIpc) is 3.24. The quantitative estimate of drug-likeness (QED) is 0.721. The molecule has 4 heterocycles. The maximum absolute atomic E-state index is 13.1. The predicted molar refractivity (Wildman–Crippen MR) is 93.4 cm³/mol. The Hall–Kier alpha value is -2.12. The fourth-order valence-corrected chi connectivity index (χ4v) is 7.08. The number of carbonyl (C=O) groups excluding carboxylic acids is 1. The molecule has 25 heavy (non-hydrogen) atoms. The van der Waals surface area contributed by atoms with Crippen LogP contribution in [0.25, 0.3) is 5.70 Å². The lowest BCUT2D eigenvalue weighted by atomic mass is 9.78. The second-order valence-electron chi connectivity index (χ2n) is 6.72. The molecule has 0 N–H and O–H groups in total. The summed E-state index contributed by atoms with van der Waals surface area (Å²) < 4.78 is 33.4. The Morgan fingerprint density at radius 1 is 1.24 bits per heavy atom. The molecule has 7 heteroatoms. The van der Waals surface area contributed by atoms with E-state index >= 15 is 0 Å². The fourth-order valence-electron chi connectivity index (χ4n) is 4.21. The highest BCUT2D eigenvalue weighted by Gasteiger charge is 2.61. The number of nitrogens with zero attached hydrogens (tertiary/aromatic N) is 1. The third kappa shape index (κ3) is 1.82. The van der Waals surface area contributed by atoms with Gasteiger partial charge in [0.2, 0.25) is 0 Å². The Balaban J connectivity index is 1.80. The van der Waals surface area contributed by atoms with Crippen LogP contribution in [0.3, 0.4) is 0 Å². The first kappa shape index (κ1) is 15.2. The molecule has 1 aromatic carbocycles. The van der Waals surface area contributed by atoms with Crippen molar-refractivity contribution < 1.29 is 17.9 Å². The summed E-state index contributed by atoms with van der Waals surface area (Å²) in [7, 11) is -3.68. The Labute approximate surface area is 149 Å². The normalized spacial score (nSPS) is 31.8. The molecule has 3 aliphatic rings. The number of hydrogen-bond acceptors (Lipinski definition) is 5. The zero-order chi connectivity index (χ0) is 17.4. The number of rotatable bonds is 1. The van der Waals surface area contributed by atoms with Gasteiger partial charge in [-0.05, 0) is 30.5 Å². The van der Waals surface area contributed by atoms with E-state index in [0.717, 1.165) is 4.88 Å². The van der Waals surface area contributed by atoms with Gasteiger partial charge >= 0.3 is 5.97 Å². The van der Waals surface area contributed by atoms with Crippen molar-refractivity contribution in [3.05, 3.63) is 58.3 Å². The first-order chi connectivity index (χ1) is 11.9. The molecule has 0 amide bonds. The van der Waals surface area contributed by atoms with Gasteiger partial charge in [-0.3, -0.25) is 9.10 Å². The van der Waals surface area contributed by atoms with Crippen molar-refractivity contribution >= 4 is 33.0 Å². The summed E-state index contributed by atoms with van der Waals surface area (Å²) in [5, 5.41) is 1.98. The summed E-state index contributed by atoms with van der Waals surface area (Å²) in [4.78, 5) is 13.5. The van der Waals surface area contributed by atoms with Crippen LogP contribution < -0.4 is 0 Å². The van der Waals surface area contributed by atoms with E-state index in [-0.39, 0.29) is 18.3 Å². The smallest absolute Gasteiger partial charge is 0.308 e. The highest BCUT2D eigenvalue weighted by molar-refractivity contribution is 7.90. The van der Waals surface area contributed by atoms with Crippen LogP contribution in [0.4, 0.5) is 0 Å². The lowest BCUT2D eigenvalue weighted by Crippen LogP contribution is -2.53. The van der Waals surface area contributed by atoms with Crippen LogP contribution in [-0.4, -0.2) is 30.3 Å². The lowest BCUT2D eigenvalue weighted by Gasteiger charge is -2.43. The minimum atomic E-state index is -3.68. The molecule has 1 saturated heterocycles. The molecule has 5 rings (SSSR count). The highest BCUT2D eigenvalue weighted by atomic mass is 32.2. The molecule has 0 saturated carbocycles. The summed E-state index contributed by atoms with van der Waals surface area (Å²) in [6, 6.07) is 10.4. The van der Waals surface area contributed by atoms with Crippen LogP contribution in [0.1, 0.15) is 29.7 Å². The van der Waals surface area contributed by atoms with E-state index < -0.39 is 21.7 Å². The second kappa shape index (κ2) is 4.74. The van der Waals surface area contributed by atoms with Crippen LogP contribution in [0, 0.1) is 0 Å². The minimum absolute atomic E-state index is 0.0724. The van der Waals surface area contributed by atoms with E-state index in [4.69, 9.17) is 4.74 Å². The molecule has 2 unspecified atom stereocenters. The molecular weight excluding hydrogens is 358 g/mol. The summed E-state index contributed by atoms with van der Waals surface area (Å²) in [5.41, 5.74) is 0.459. The molecule has 1 aromatic heterocycles. The van der Waals surface area contributed by atoms with Crippen molar-refractivity contribution in [2.45, 2.75) is 35.8 Å². The van der Waals surface area contributed by atoms with Gasteiger partial charge in [0.1, 0.15) is 5.60 Å². The van der Waals surface area contributed by atoms with Gasteiger partial charge in [0.15, 0.2) is 0 Å². The molecule has 3 aliphatic heterocycles. The molecule has 3 atom stereocenters. The Bertz CT molecular complexity index is 1030. The van der Waals surface area contributed by atoms with Gasteiger partial charge in [0.25, 0.3) is 10.0 Å². The Kier molecular flexibility index (Phi) is 2.87. The minimum Gasteiger partial charge on any atom is -0.456 e. The largest absolute Gasteiger partial charge is 0.456 e. The average molecular weight is 373 g/mol. The second-order valence-corrected chi connectivity index (χ2v) is 9.48. The van der Waals surface area contributed by atoms with Gasteiger partial charge in [0, 0.05) is 10.4 Å². The molecule has 1 fully saturated rings. The number of ether oxygens (including phenoxy) is 1. The van der Waals surface area contributed by atoms with Crippen molar-refractivity contribution in [3.8, 4) is 0 Å². The first-order valence-corrected chi connectivity index (χ1v) is 10.4.